The average molecular weight is 326 g/mol. The molecule has 0 aliphatic carbocycles. The number of benzene rings is 2. The molecule has 1 amide bonds. The molecule has 1 N–H and O–H groups in total. The van der Waals surface area contributed by atoms with Crippen molar-refractivity contribution in [3.63, 3.8) is 0 Å². The van der Waals surface area contributed by atoms with Gasteiger partial charge in [0.1, 0.15) is 7.11 Å². The molecule has 6 nitrogen and oxygen atoms in total. The normalized spacial score (nSPS) is 10.5. The molecule has 2 rings (SSSR count). The Hall–Kier alpha value is -3.15. The van der Waals surface area contributed by atoms with Crippen LogP contribution in [0.4, 0.5) is 5.69 Å². The first kappa shape index (κ1) is 17.2. The van der Waals surface area contributed by atoms with Gasteiger partial charge in [0.05, 0.1) is 18.9 Å². The molecule has 0 saturated carbocycles. The second-order valence-electron chi connectivity index (χ2n) is 4.96. The highest BCUT2D eigenvalue weighted by Crippen LogP contribution is 2.20. The van der Waals surface area contributed by atoms with Gasteiger partial charge >= 0.3 is 5.97 Å². The molecule has 0 spiro atoms. The Labute approximate surface area is 140 Å². The van der Waals surface area contributed by atoms with Crippen LogP contribution in [-0.4, -0.2) is 32.3 Å². The summed E-state index contributed by atoms with van der Waals surface area (Å²) >= 11 is 0. The topological polar surface area (TPSA) is 77.0 Å². The maximum atomic E-state index is 12.4. The second kappa shape index (κ2) is 7.92. The molecule has 0 aliphatic rings. The van der Waals surface area contributed by atoms with Gasteiger partial charge < -0.3 is 14.9 Å². The van der Waals surface area contributed by atoms with E-state index >= 15 is 0 Å². The highest BCUT2D eigenvalue weighted by molar-refractivity contribution is 6.05. The first-order valence-electron chi connectivity index (χ1n) is 7.22. The van der Waals surface area contributed by atoms with Crippen molar-refractivity contribution < 1.29 is 19.2 Å². The van der Waals surface area contributed by atoms with E-state index in [9.17, 15) is 9.59 Å². The largest absolute Gasteiger partial charge is 0.465 e. The third kappa shape index (κ3) is 3.98. The number of ether oxygens (including phenoxy) is 1. The number of anilines is 1. The Morgan fingerprint density at radius 3 is 2.42 bits per heavy atom. The van der Waals surface area contributed by atoms with Crippen LogP contribution < -0.4 is 5.32 Å². The average Bonchev–Trinajstić information content (AvgIpc) is 2.61. The number of carbonyl (C=O) groups is 2. The van der Waals surface area contributed by atoms with Gasteiger partial charge in [-0.1, -0.05) is 23.4 Å². The third-order valence-electron chi connectivity index (χ3n) is 3.47. The summed E-state index contributed by atoms with van der Waals surface area (Å²) in [5, 5.41) is 6.46. The predicted octanol–water partition coefficient (Wildman–Crippen LogP) is 3.01. The van der Waals surface area contributed by atoms with Gasteiger partial charge in [-0.05, 0) is 42.3 Å². The van der Waals surface area contributed by atoms with Crippen molar-refractivity contribution >= 4 is 23.8 Å². The summed E-state index contributed by atoms with van der Waals surface area (Å²) in [4.78, 5) is 28.7. The highest BCUT2D eigenvalue weighted by Gasteiger charge is 2.14. The van der Waals surface area contributed by atoms with Crippen molar-refractivity contribution in [3.05, 3.63) is 64.7 Å². The van der Waals surface area contributed by atoms with Crippen molar-refractivity contribution in [1.82, 2.24) is 0 Å². The van der Waals surface area contributed by atoms with Crippen molar-refractivity contribution in [2.45, 2.75) is 6.92 Å². The number of hydrogen-bond acceptors (Lipinski definition) is 5. The highest BCUT2D eigenvalue weighted by atomic mass is 16.6. The van der Waals surface area contributed by atoms with E-state index in [1.165, 1.54) is 14.2 Å². The number of amides is 1. The molecule has 24 heavy (non-hydrogen) atoms. The number of rotatable bonds is 5. The van der Waals surface area contributed by atoms with Crippen molar-refractivity contribution in [3.8, 4) is 0 Å². The van der Waals surface area contributed by atoms with Gasteiger partial charge in [-0.2, -0.15) is 0 Å². The number of hydrogen-bond donors (Lipinski definition) is 1. The Bertz CT molecular complexity index is 767. The lowest BCUT2D eigenvalue weighted by Crippen LogP contribution is -2.14. The van der Waals surface area contributed by atoms with Crippen LogP contribution in [0.5, 0.6) is 0 Å². The smallest absolute Gasteiger partial charge is 0.338 e. The van der Waals surface area contributed by atoms with Gasteiger partial charge in [0, 0.05) is 11.3 Å². The summed E-state index contributed by atoms with van der Waals surface area (Å²) in [6.45, 7) is 1.76. The predicted molar refractivity (Wildman–Crippen MR) is 91.5 cm³/mol. The second-order valence-corrected chi connectivity index (χ2v) is 4.96. The zero-order valence-electron chi connectivity index (χ0n) is 13.7. The van der Waals surface area contributed by atoms with Crippen molar-refractivity contribution in [1.29, 1.82) is 0 Å². The third-order valence-corrected chi connectivity index (χ3v) is 3.47. The van der Waals surface area contributed by atoms with E-state index in [0.29, 0.717) is 22.4 Å². The number of esters is 1. The Morgan fingerprint density at radius 1 is 1.08 bits per heavy atom. The Morgan fingerprint density at radius 2 is 1.79 bits per heavy atom. The molecule has 6 heteroatoms. The van der Waals surface area contributed by atoms with E-state index in [1.807, 2.05) is 0 Å². The molecule has 0 aromatic heterocycles. The maximum Gasteiger partial charge on any atom is 0.338 e. The fourth-order valence-electron chi connectivity index (χ4n) is 2.13. The lowest BCUT2D eigenvalue weighted by Gasteiger charge is -2.11. The number of methoxy groups -OCH3 is 1. The number of nitrogens with zero attached hydrogens (tertiary/aromatic N) is 1. The summed E-state index contributed by atoms with van der Waals surface area (Å²) in [6.07, 6.45) is 1.55. The molecule has 2 aromatic carbocycles. The Balaban J connectivity index is 2.18. The van der Waals surface area contributed by atoms with E-state index in [2.05, 4.69) is 15.3 Å². The van der Waals surface area contributed by atoms with Crippen LogP contribution in [0.15, 0.2) is 47.6 Å². The van der Waals surface area contributed by atoms with Crippen LogP contribution in [0.25, 0.3) is 0 Å². The minimum atomic E-state index is -0.439. The molecule has 0 atom stereocenters. The van der Waals surface area contributed by atoms with E-state index in [0.717, 1.165) is 5.56 Å². The van der Waals surface area contributed by atoms with E-state index < -0.39 is 5.97 Å². The van der Waals surface area contributed by atoms with Gasteiger partial charge in [-0.3, -0.25) is 4.79 Å². The molecule has 124 valence electrons. The van der Waals surface area contributed by atoms with Crippen LogP contribution in [0.2, 0.25) is 0 Å². The zero-order valence-corrected chi connectivity index (χ0v) is 13.7. The summed E-state index contributed by atoms with van der Waals surface area (Å²) in [5.41, 5.74) is 2.95. The van der Waals surface area contributed by atoms with E-state index in [1.54, 1.807) is 55.6 Å². The number of nitrogens with one attached hydrogen (secondary N) is 1. The summed E-state index contributed by atoms with van der Waals surface area (Å²) in [6, 6.07) is 12.0. The van der Waals surface area contributed by atoms with Crippen LogP contribution >= 0.6 is 0 Å². The quantitative estimate of drug-likeness (QED) is 0.520. The molecule has 0 radical (unpaired) electrons. The Kier molecular flexibility index (Phi) is 5.68. The lowest BCUT2D eigenvalue weighted by atomic mass is 10.1. The molecule has 0 heterocycles. The van der Waals surface area contributed by atoms with Crippen LogP contribution in [0.3, 0.4) is 0 Å². The number of oxime groups is 1. The fourth-order valence-corrected chi connectivity index (χ4v) is 2.13. The SMILES string of the molecule is CO/N=C/c1ccc(C(=O)Nc2cccc(C(=O)OC)c2C)cc1. The molecule has 0 unspecified atom stereocenters. The minimum absolute atomic E-state index is 0.268. The molecule has 2 aromatic rings. The molecule has 0 fully saturated rings. The van der Waals surface area contributed by atoms with Crippen molar-refractivity contribution in [2.24, 2.45) is 5.16 Å². The van der Waals surface area contributed by atoms with E-state index in [4.69, 9.17) is 4.74 Å². The lowest BCUT2D eigenvalue weighted by molar-refractivity contribution is 0.0599. The summed E-state index contributed by atoms with van der Waals surface area (Å²) < 4.78 is 4.73. The van der Waals surface area contributed by atoms with Crippen LogP contribution in [0.1, 0.15) is 31.8 Å². The van der Waals surface area contributed by atoms with Gasteiger partial charge in [0.15, 0.2) is 0 Å². The summed E-state index contributed by atoms with van der Waals surface area (Å²) in [5.74, 6) is -0.708. The monoisotopic (exact) mass is 326 g/mol. The fraction of sp³-hybridized carbons (Fsp3) is 0.167. The standard InChI is InChI=1S/C18H18N2O4/c1-12-15(18(22)23-2)5-4-6-16(12)20-17(21)14-9-7-13(8-10-14)11-19-24-3/h4-11H,1-3H3,(H,20,21)/b19-11+. The molecular weight excluding hydrogens is 308 g/mol. The molecule has 0 saturated heterocycles. The van der Waals surface area contributed by atoms with Crippen LogP contribution in [-0.2, 0) is 9.57 Å². The van der Waals surface area contributed by atoms with Crippen molar-refractivity contribution in [2.75, 3.05) is 19.5 Å². The van der Waals surface area contributed by atoms with Gasteiger partial charge in [-0.15, -0.1) is 0 Å². The van der Waals surface area contributed by atoms with Crippen LogP contribution in [0, 0.1) is 6.92 Å². The molecule has 0 bridgehead atoms. The van der Waals surface area contributed by atoms with Gasteiger partial charge in [0.25, 0.3) is 5.91 Å². The first-order valence-corrected chi connectivity index (χ1v) is 7.22. The minimum Gasteiger partial charge on any atom is -0.465 e. The van der Waals surface area contributed by atoms with Gasteiger partial charge in [-0.25, -0.2) is 4.79 Å². The molecular formula is C18H18N2O4. The first-order chi connectivity index (χ1) is 11.6. The van der Waals surface area contributed by atoms with Gasteiger partial charge in [0.2, 0.25) is 0 Å². The maximum absolute atomic E-state index is 12.4. The molecule has 0 aliphatic heterocycles. The zero-order chi connectivity index (χ0) is 17.5. The summed E-state index contributed by atoms with van der Waals surface area (Å²) in [7, 11) is 2.78. The number of carbonyl (C=O) groups excluding carboxylic acids is 2. The van der Waals surface area contributed by atoms with E-state index in [-0.39, 0.29) is 5.91 Å².